The summed E-state index contributed by atoms with van der Waals surface area (Å²) < 4.78 is 14.6. The summed E-state index contributed by atoms with van der Waals surface area (Å²) >= 11 is 7.99. The average molecular weight is 419 g/mol. The number of halogens is 2. The molecule has 1 aliphatic rings. The molecule has 2 heterocycles. The minimum atomic E-state index is -0.309. The number of hydrogen-bond donors (Lipinski definition) is 1. The van der Waals surface area contributed by atoms with Crippen molar-refractivity contribution in [2.24, 2.45) is 0 Å². The van der Waals surface area contributed by atoms with Crippen LogP contribution in [-0.2, 0) is 19.4 Å². The van der Waals surface area contributed by atoms with Gasteiger partial charge in [0.25, 0.3) is 5.91 Å². The van der Waals surface area contributed by atoms with E-state index in [9.17, 15) is 9.18 Å². The molecule has 146 valence electrons. The van der Waals surface area contributed by atoms with Crippen LogP contribution < -0.4 is 5.32 Å². The first-order valence-electron chi connectivity index (χ1n) is 9.28. The predicted octanol–water partition coefficient (Wildman–Crippen LogP) is 5.01. The fourth-order valence-corrected chi connectivity index (χ4v) is 4.79. The molecule has 0 bridgehead atoms. The van der Waals surface area contributed by atoms with Crippen LogP contribution in [0.1, 0.15) is 51.4 Å². The molecule has 0 spiro atoms. The zero-order chi connectivity index (χ0) is 19.7. The molecule has 3 aromatic rings. The summed E-state index contributed by atoms with van der Waals surface area (Å²) in [6, 6.07) is 6.12. The Morgan fingerprint density at radius 2 is 2.00 bits per heavy atom. The van der Waals surface area contributed by atoms with Crippen LogP contribution in [-0.4, -0.2) is 20.7 Å². The van der Waals surface area contributed by atoms with Crippen LogP contribution in [0.2, 0.25) is 5.15 Å². The number of rotatable bonds is 4. The van der Waals surface area contributed by atoms with Gasteiger partial charge in [-0.1, -0.05) is 30.2 Å². The summed E-state index contributed by atoms with van der Waals surface area (Å²) in [7, 11) is 0. The van der Waals surface area contributed by atoms with Gasteiger partial charge >= 0.3 is 0 Å². The van der Waals surface area contributed by atoms with Gasteiger partial charge < -0.3 is 0 Å². The van der Waals surface area contributed by atoms with Gasteiger partial charge in [-0.15, -0.1) is 11.3 Å². The minimum absolute atomic E-state index is 0.262. The van der Waals surface area contributed by atoms with Crippen LogP contribution in [0.15, 0.2) is 24.3 Å². The van der Waals surface area contributed by atoms with E-state index in [1.807, 2.05) is 0 Å². The van der Waals surface area contributed by atoms with E-state index in [1.54, 1.807) is 35.1 Å². The highest BCUT2D eigenvalue weighted by molar-refractivity contribution is 7.15. The van der Waals surface area contributed by atoms with Crippen LogP contribution in [0.25, 0.3) is 0 Å². The first kappa shape index (κ1) is 19.1. The van der Waals surface area contributed by atoms with E-state index in [0.29, 0.717) is 22.9 Å². The molecule has 0 aliphatic heterocycles. The Bertz CT molecular complexity index is 989. The number of amides is 1. The molecule has 1 aliphatic carbocycles. The Labute approximate surface area is 171 Å². The molecular weight excluding hydrogens is 399 g/mol. The SMILES string of the molecule is Cc1nn(Cc2ccc(F)cc2)c(Cl)c1C(=O)Nc1nc2c(s1)CCCCC2. The lowest BCUT2D eigenvalue weighted by Gasteiger charge is -2.04. The number of thiazole rings is 1. The Balaban J connectivity index is 1.53. The Morgan fingerprint density at radius 1 is 1.25 bits per heavy atom. The van der Waals surface area contributed by atoms with E-state index in [2.05, 4.69) is 15.4 Å². The first-order valence-corrected chi connectivity index (χ1v) is 10.5. The highest BCUT2D eigenvalue weighted by Gasteiger charge is 2.22. The molecule has 5 nitrogen and oxygen atoms in total. The van der Waals surface area contributed by atoms with Crippen LogP contribution in [0.3, 0.4) is 0 Å². The number of carbonyl (C=O) groups excluding carboxylic acids is 1. The van der Waals surface area contributed by atoms with Crippen LogP contribution in [0.4, 0.5) is 9.52 Å². The van der Waals surface area contributed by atoms with Crippen molar-refractivity contribution < 1.29 is 9.18 Å². The van der Waals surface area contributed by atoms with Crippen molar-refractivity contribution >= 4 is 34.0 Å². The number of hydrogen-bond acceptors (Lipinski definition) is 4. The lowest BCUT2D eigenvalue weighted by Crippen LogP contribution is -2.13. The number of aromatic nitrogens is 3. The normalized spacial score (nSPS) is 13.8. The standard InChI is InChI=1S/C20H20ClFN4OS/c1-12-17(18(21)26(25-12)11-13-7-9-14(22)10-8-13)19(27)24-20-23-15-5-3-2-4-6-16(15)28-20/h7-10H,2-6,11H2,1H3,(H,23,24,27). The van der Waals surface area contributed by atoms with Crippen molar-refractivity contribution in [3.8, 4) is 0 Å². The monoisotopic (exact) mass is 418 g/mol. The molecule has 1 aromatic carbocycles. The smallest absolute Gasteiger partial charge is 0.262 e. The molecule has 0 radical (unpaired) electrons. The first-order chi connectivity index (χ1) is 13.5. The Kier molecular flexibility index (Phi) is 5.46. The maximum Gasteiger partial charge on any atom is 0.262 e. The number of aryl methyl sites for hydroxylation is 3. The number of anilines is 1. The maximum absolute atomic E-state index is 13.1. The van der Waals surface area contributed by atoms with Crippen molar-refractivity contribution in [3.05, 3.63) is 62.6 Å². The summed E-state index contributed by atoms with van der Waals surface area (Å²) in [6.45, 7) is 2.11. The molecule has 1 amide bonds. The summed E-state index contributed by atoms with van der Waals surface area (Å²) in [6.07, 6.45) is 5.54. The van der Waals surface area contributed by atoms with Gasteiger partial charge in [0.15, 0.2) is 5.13 Å². The summed E-state index contributed by atoms with van der Waals surface area (Å²) in [4.78, 5) is 18.7. The summed E-state index contributed by atoms with van der Waals surface area (Å²) in [5.41, 5.74) is 2.84. The van der Waals surface area contributed by atoms with Gasteiger partial charge in [0.05, 0.1) is 23.5 Å². The van der Waals surface area contributed by atoms with Crippen molar-refractivity contribution in [3.63, 3.8) is 0 Å². The van der Waals surface area contributed by atoms with E-state index < -0.39 is 0 Å². The molecule has 1 N–H and O–H groups in total. The number of carbonyl (C=O) groups is 1. The third-order valence-corrected chi connectivity index (χ3v) is 6.31. The highest BCUT2D eigenvalue weighted by atomic mass is 35.5. The average Bonchev–Trinajstić information content (AvgIpc) is 3.07. The highest BCUT2D eigenvalue weighted by Crippen LogP contribution is 2.30. The lowest BCUT2D eigenvalue weighted by molar-refractivity contribution is 0.102. The van der Waals surface area contributed by atoms with Gasteiger partial charge in [-0.05, 0) is 50.3 Å². The lowest BCUT2D eigenvalue weighted by atomic mass is 10.2. The van der Waals surface area contributed by atoms with Gasteiger partial charge in [-0.2, -0.15) is 5.10 Å². The predicted molar refractivity (Wildman–Crippen MR) is 109 cm³/mol. The van der Waals surface area contributed by atoms with Crippen molar-refractivity contribution in [2.75, 3.05) is 5.32 Å². The third kappa shape index (κ3) is 3.95. The molecule has 8 heteroatoms. The number of nitrogens with zero attached hydrogens (tertiary/aromatic N) is 3. The maximum atomic E-state index is 13.1. The molecule has 0 saturated heterocycles. The summed E-state index contributed by atoms with van der Waals surface area (Å²) in [5.74, 6) is -0.606. The van der Waals surface area contributed by atoms with Crippen LogP contribution in [0.5, 0.6) is 0 Å². The van der Waals surface area contributed by atoms with Crippen LogP contribution in [0, 0.1) is 12.7 Å². The Morgan fingerprint density at radius 3 is 2.79 bits per heavy atom. The Hall–Kier alpha value is -2.25. The fourth-order valence-electron chi connectivity index (χ4n) is 3.42. The molecule has 0 unspecified atom stereocenters. The van der Waals surface area contributed by atoms with E-state index in [1.165, 1.54) is 29.9 Å². The largest absolute Gasteiger partial charge is 0.298 e. The van der Waals surface area contributed by atoms with Crippen molar-refractivity contribution in [1.82, 2.24) is 14.8 Å². The van der Waals surface area contributed by atoms with Crippen molar-refractivity contribution in [1.29, 1.82) is 0 Å². The second kappa shape index (κ2) is 8.01. The molecule has 0 saturated carbocycles. The number of fused-ring (bicyclic) bond motifs is 1. The van der Waals surface area contributed by atoms with E-state index >= 15 is 0 Å². The van der Waals surface area contributed by atoms with Gasteiger partial charge in [-0.3, -0.25) is 10.1 Å². The number of nitrogens with one attached hydrogen (secondary N) is 1. The van der Waals surface area contributed by atoms with Gasteiger partial charge in [0, 0.05) is 4.88 Å². The van der Waals surface area contributed by atoms with E-state index in [-0.39, 0.29) is 16.9 Å². The molecule has 4 rings (SSSR count). The fraction of sp³-hybridized carbons (Fsp3) is 0.350. The molecule has 0 fully saturated rings. The topological polar surface area (TPSA) is 59.8 Å². The van der Waals surface area contributed by atoms with Crippen molar-refractivity contribution in [2.45, 2.75) is 45.6 Å². The second-order valence-electron chi connectivity index (χ2n) is 6.94. The molecular formula is C20H20ClFN4OS. The van der Waals surface area contributed by atoms with Gasteiger partial charge in [0.1, 0.15) is 11.0 Å². The summed E-state index contributed by atoms with van der Waals surface area (Å²) in [5, 5.41) is 8.14. The molecule has 0 atom stereocenters. The van der Waals surface area contributed by atoms with Gasteiger partial charge in [0.2, 0.25) is 0 Å². The quantitative estimate of drug-likeness (QED) is 0.606. The molecule has 2 aromatic heterocycles. The van der Waals surface area contributed by atoms with E-state index in [0.717, 1.165) is 30.5 Å². The number of benzene rings is 1. The minimum Gasteiger partial charge on any atom is -0.298 e. The zero-order valence-corrected chi connectivity index (χ0v) is 17.0. The van der Waals surface area contributed by atoms with Gasteiger partial charge in [-0.25, -0.2) is 14.1 Å². The second-order valence-corrected chi connectivity index (χ2v) is 8.38. The van der Waals surface area contributed by atoms with Crippen LogP contribution >= 0.6 is 22.9 Å². The zero-order valence-electron chi connectivity index (χ0n) is 15.5. The van der Waals surface area contributed by atoms with E-state index in [4.69, 9.17) is 11.6 Å². The molecule has 28 heavy (non-hydrogen) atoms. The third-order valence-electron chi connectivity index (χ3n) is 4.85.